The van der Waals surface area contributed by atoms with Gasteiger partial charge in [-0.15, -0.1) is 0 Å². The van der Waals surface area contributed by atoms with Crippen LogP contribution in [0.4, 0.5) is 5.69 Å². The van der Waals surface area contributed by atoms with Crippen LogP contribution in [0.2, 0.25) is 0 Å². The van der Waals surface area contributed by atoms with Crippen molar-refractivity contribution in [2.45, 2.75) is 32.4 Å². The molecule has 0 radical (unpaired) electrons. The Kier molecular flexibility index (Phi) is 5.53. The van der Waals surface area contributed by atoms with Crippen LogP contribution in [0.15, 0.2) is 24.3 Å². The van der Waals surface area contributed by atoms with Gasteiger partial charge in [0.25, 0.3) is 0 Å². The lowest BCUT2D eigenvalue weighted by Crippen LogP contribution is -2.46. The van der Waals surface area contributed by atoms with Crippen molar-refractivity contribution in [3.05, 3.63) is 24.3 Å². The number of nitrogens with zero attached hydrogens (tertiary/aromatic N) is 1. The molecule has 20 heavy (non-hydrogen) atoms. The maximum atomic E-state index is 12.1. The molecule has 0 fully saturated rings. The van der Waals surface area contributed by atoms with Gasteiger partial charge < -0.3 is 15.2 Å². The molecule has 0 aromatic heterocycles. The second kappa shape index (κ2) is 6.72. The highest BCUT2D eigenvalue weighted by Crippen LogP contribution is 2.16. The molecule has 1 aromatic rings. The molecular weight excluding hydrogens is 256 g/mol. The van der Waals surface area contributed by atoms with Crippen molar-refractivity contribution in [2.24, 2.45) is 0 Å². The van der Waals surface area contributed by atoms with E-state index < -0.39 is 5.60 Å². The molecule has 1 atom stereocenters. The summed E-state index contributed by atoms with van der Waals surface area (Å²) in [5.41, 5.74) is -0.108. The normalized spacial score (nSPS) is 13.2. The number of hydrogen-bond acceptors (Lipinski definition) is 4. The summed E-state index contributed by atoms with van der Waals surface area (Å²) in [5, 5.41) is 12.6. The minimum Gasteiger partial charge on any atom is -0.497 e. The smallest absolute Gasteiger partial charge is 0.241 e. The molecule has 5 heteroatoms. The van der Waals surface area contributed by atoms with E-state index in [1.807, 2.05) is 18.9 Å². The molecule has 5 nitrogen and oxygen atoms in total. The Bertz CT molecular complexity index is 437. The fraction of sp³-hybridized carbons (Fsp3) is 0.533. The minimum atomic E-state index is -0.830. The van der Waals surface area contributed by atoms with Gasteiger partial charge in [0.15, 0.2) is 0 Å². The topological polar surface area (TPSA) is 61.8 Å². The molecule has 2 N–H and O–H groups in total. The number of carbonyl (C=O) groups excluding carboxylic acids is 1. The summed E-state index contributed by atoms with van der Waals surface area (Å²) in [6.45, 7) is 5.67. The molecule has 0 spiro atoms. The lowest BCUT2D eigenvalue weighted by Gasteiger charge is -2.29. The highest BCUT2D eigenvalue weighted by atomic mass is 16.5. The molecule has 1 aromatic carbocycles. The van der Waals surface area contributed by atoms with Crippen LogP contribution in [0.1, 0.15) is 20.8 Å². The van der Waals surface area contributed by atoms with Gasteiger partial charge in [0.1, 0.15) is 5.75 Å². The second-order valence-corrected chi connectivity index (χ2v) is 5.62. The number of ether oxygens (including phenoxy) is 1. The predicted molar refractivity (Wildman–Crippen MR) is 80.0 cm³/mol. The van der Waals surface area contributed by atoms with Gasteiger partial charge in [0.2, 0.25) is 5.91 Å². The zero-order valence-corrected chi connectivity index (χ0v) is 12.8. The standard InChI is InChI=1S/C15H24N2O3/c1-11(17(4)10-15(2,3)19)14(18)16-12-6-8-13(20-5)9-7-12/h6-9,11,19H,10H2,1-5H3,(H,16,18). The number of anilines is 1. The Morgan fingerprint density at radius 3 is 2.40 bits per heavy atom. The average Bonchev–Trinajstić information content (AvgIpc) is 2.36. The zero-order valence-electron chi connectivity index (χ0n) is 12.8. The van der Waals surface area contributed by atoms with Crippen molar-refractivity contribution >= 4 is 11.6 Å². The second-order valence-electron chi connectivity index (χ2n) is 5.62. The molecule has 0 aliphatic rings. The van der Waals surface area contributed by atoms with Crippen LogP contribution in [0.3, 0.4) is 0 Å². The van der Waals surface area contributed by atoms with Gasteiger partial charge in [-0.05, 0) is 52.1 Å². The fourth-order valence-electron chi connectivity index (χ4n) is 1.87. The van der Waals surface area contributed by atoms with Gasteiger partial charge in [-0.25, -0.2) is 0 Å². The third kappa shape index (κ3) is 5.19. The van der Waals surface area contributed by atoms with E-state index >= 15 is 0 Å². The van der Waals surface area contributed by atoms with Crippen LogP contribution < -0.4 is 10.1 Å². The Morgan fingerprint density at radius 2 is 1.95 bits per heavy atom. The molecule has 1 unspecified atom stereocenters. The first kappa shape index (κ1) is 16.5. The Hall–Kier alpha value is -1.59. The van der Waals surface area contributed by atoms with Crippen molar-refractivity contribution in [2.75, 3.05) is 26.0 Å². The fourth-order valence-corrected chi connectivity index (χ4v) is 1.87. The number of amides is 1. The van der Waals surface area contributed by atoms with E-state index in [2.05, 4.69) is 5.32 Å². The van der Waals surface area contributed by atoms with Gasteiger partial charge >= 0.3 is 0 Å². The highest BCUT2D eigenvalue weighted by Gasteiger charge is 2.23. The third-order valence-electron chi connectivity index (χ3n) is 3.03. The molecule has 0 saturated carbocycles. The Morgan fingerprint density at radius 1 is 1.40 bits per heavy atom. The minimum absolute atomic E-state index is 0.109. The molecule has 1 amide bonds. The van der Waals surface area contributed by atoms with E-state index in [-0.39, 0.29) is 11.9 Å². The van der Waals surface area contributed by atoms with E-state index in [9.17, 15) is 9.90 Å². The van der Waals surface area contributed by atoms with Crippen LogP contribution in [0, 0.1) is 0 Å². The lowest BCUT2D eigenvalue weighted by molar-refractivity contribution is -0.121. The lowest BCUT2D eigenvalue weighted by atomic mass is 10.1. The molecule has 112 valence electrons. The van der Waals surface area contributed by atoms with Crippen molar-refractivity contribution in [3.63, 3.8) is 0 Å². The van der Waals surface area contributed by atoms with E-state index in [1.54, 1.807) is 45.2 Å². The van der Waals surface area contributed by atoms with E-state index in [0.717, 1.165) is 11.4 Å². The highest BCUT2D eigenvalue weighted by molar-refractivity contribution is 5.94. The molecule has 0 saturated heterocycles. The van der Waals surface area contributed by atoms with Gasteiger partial charge in [0.05, 0.1) is 18.8 Å². The van der Waals surface area contributed by atoms with Crippen LogP contribution in [0.25, 0.3) is 0 Å². The van der Waals surface area contributed by atoms with Crippen molar-refractivity contribution in [1.29, 1.82) is 0 Å². The summed E-state index contributed by atoms with van der Waals surface area (Å²) in [4.78, 5) is 13.9. The molecule has 0 bridgehead atoms. The predicted octanol–water partition coefficient (Wildman–Crippen LogP) is 1.72. The number of aliphatic hydroxyl groups is 1. The maximum Gasteiger partial charge on any atom is 0.241 e. The molecule has 0 aliphatic carbocycles. The number of carbonyl (C=O) groups is 1. The summed E-state index contributed by atoms with van der Waals surface area (Å²) in [5.74, 6) is 0.636. The number of nitrogens with one attached hydrogen (secondary N) is 1. The quantitative estimate of drug-likeness (QED) is 0.833. The summed E-state index contributed by atoms with van der Waals surface area (Å²) < 4.78 is 5.07. The number of likely N-dealkylation sites (N-methyl/N-ethyl adjacent to an activating group) is 1. The number of hydrogen-bond donors (Lipinski definition) is 2. The van der Waals surface area contributed by atoms with Crippen molar-refractivity contribution < 1.29 is 14.6 Å². The van der Waals surface area contributed by atoms with E-state index in [0.29, 0.717) is 6.54 Å². The zero-order chi connectivity index (χ0) is 15.3. The molecule has 0 aliphatic heterocycles. The first-order valence-corrected chi connectivity index (χ1v) is 6.60. The SMILES string of the molecule is COc1ccc(NC(=O)C(C)N(C)CC(C)(C)O)cc1. The van der Waals surface area contributed by atoms with Crippen molar-refractivity contribution in [1.82, 2.24) is 4.90 Å². The van der Waals surface area contributed by atoms with Gasteiger partial charge in [-0.2, -0.15) is 0 Å². The first-order chi connectivity index (χ1) is 9.23. The first-order valence-electron chi connectivity index (χ1n) is 6.60. The summed E-state index contributed by atoms with van der Waals surface area (Å²) in [6.07, 6.45) is 0. The van der Waals surface area contributed by atoms with E-state index in [4.69, 9.17) is 4.74 Å². The van der Waals surface area contributed by atoms with Crippen LogP contribution >= 0.6 is 0 Å². The van der Waals surface area contributed by atoms with Gasteiger partial charge in [-0.1, -0.05) is 0 Å². The maximum absolute atomic E-state index is 12.1. The summed E-state index contributed by atoms with van der Waals surface area (Å²) in [7, 11) is 3.41. The molecular formula is C15H24N2O3. The Labute approximate surface area is 120 Å². The number of methoxy groups -OCH3 is 1. The summed E-state index contributed by atoms with van der Waals surface area (Å²) in [6, 6.07) is 6.84. The van der Waals surface area contributed by atoms with Crippen LogP contribution in [0.5, 0.6) is 5.75 Å². The number of rotatable bonds is 6. The third-order valence-corrected chi connectivity index (χ3v) is 3.03. The number of benzene rings is 1. The van der Waals surface area contributed by atoms with Gasteiger partial charge in [0, 0.05) is 12.2 Å². The largest absolute Gasteiger partial charge is 0.497 e. The summed E-state index contributed by atoms with van der Waals surface area (Å²) >= 11 is 0. The molecule has 1 rings (SSSR count). The Balaban J connectivity index is 2.60. The van der Waals surface area contributed by atoms with Crippen LogP contribution in [-0.2, 0) is 4.79 Å². The molecule has 0 heterocycles. The van der Waals surface area contributed by atoms with Gasteiger partial charge in [-0.3, -0.25) is 9.69 Å². The van der Waals surface area contributed by atoms with Crippen molar-refractivity contribution in [3.8, 4) is 5.75 Å². The van der Waals surface area contributed by atoms with Crippen LogP contribution in [-0.4, -0.2) is 48.3 Å². The monoisotopic (exact) mass is 280 g/mol. The average molecular weight is 280 g/mol. The van der Waals surface area contributed by atoms with E-state index in [1.165, 1.54) is 0 Å².